The zero-order valence-electron chi connectivity index (χ0n) is 14.9. The Kier molecular flexibility index (Phi) is 10.5. The molecule has 1 aliphatic rings. The Balaban J connectivity index is 0.00000264. The Bertz CT molecular complexity index is 472. The van der Waals surface area contributed by atoms with Crippen LogP contribution in [-0.4, -0.2) is 50.4 Å². The molecule has 0 aromatic heterocycles. The third kappa shape index (κ3) is 5.06. The molecule has 1 fully saturated rings. The van der Waals surface area contributed by atoms with E-state index in [-0.39, 0.29) is 36.6 Å². The molecule has 0 saturated carbocycles. The van der Waals surface area contributed by atoms with E-state index in [1.807, 2.05) is 0 Å². The predicted octanol–water partition coefficient (Wildman–Crippen LogP) is 3.25. The first-order valence-electron chi connectivity index (χ1n) is 8.02. The first kappa shape index (κ1) is 23.1. The molecule has 0 aliphatic carbocycles. The maximum absolute atomic E-state index is 9.88. The highest BCUT2D eigenvalue weighted by molar-refractivity contribution is 5.85. The quantitative estimate of drug-likeness (QED) is 0.792. The summed E-state index contributed by atoms with van der Waals surface area (Å²) in [5.74, 6) is 2.02. The number of phenols is 1. The summed E-state index contributed by atoms with van der Waals surface area (Å²) < 4.78 is 11.1. The number of ether oxygens (including phenoxy) is 2. The molecule has 7 heteroatoms. The van der Waals surface area contributed by atoms with Crippen LogP contribution in [0.25, 0.3) is 0 Å². The molecule has 2 atom stereocenters. The average Bonchev–Trinajstić information content (AvgIpc) is 2.56. The van der Waals surface area contributed by atoms with Gasteiger partial charge in [0, 0.05) is 44.4 Å². The van der Waals surface area contributed by atoms with Gasteiger partial charge in [0.2, 0.25) is 0 Å². The minimum Gasteiger partial charge on any atom is -0.508 e. The van der Waals surface area contributed by atoms with Gasteiger partial charge in [-0.3, -0.25) is 4.90 Å². The van der Waals surface area contributed by atoms with Gasteiger partial charge in [0.1, 0.15) is 17.2 Å². The Hall–Kier alpha value is -0.880. The van der Waals surface area contributed by atoms with Crippen molar-refractivity contribution in [1.82, 2.24) is 10.2 Å². The zero-order valence-corrected chi connectivity index (χ0v) is 16.5. The summed E-state index contributed by atoms with van der Waals surface area (Å²) in [4.78, 5) is 2.49. The smallest absolute Gasteiger partial charge is 0.131 e. The van der Waals surface area contributed by atoms with Gasteiger partial charge in [0.15, 0.2) is 0 Å². The maximum atomic E-state index is 9.88. The lowest BCUT2D eigenvalue weighted by atomic mass is 9.89. The fraction of sp³-hybridized carbons (Fsp3) is 0.647. The molecule has 0 amide bonds. The van der Waals surface area contributed by atoms with Gasteiger partial charge in [-0.2, -0.15) is 0 Å². The number of methoxy groups -OCH3 is 2. The van der Waals surface area contributed by atoms with Crippen molar-refractivity contribution in [2.24, 2.45) is 5.92 Å². The molecule has 1 aromatic rings. The molecule has 1 unspecified atom stereocenters. The van der Waals surface area contributed by atoms with Gasteiger partial charge in [-0.15, -0.1) is 24.8 Å². The number of hydrogen-bond donors (Lipinski definition) is 2. The minimum absolute atomic E-state index is 0. The van der Waals surface area contributed by atoms with Crippen molar-refractivity contribution in [1.29, 1.82) is 0 Å². The summed E-state index contributed by atoms with van der Waals surface area (Å²) in [6, 6.07) is 3.57. The van der Waals surface area contributed by atoms with Crippen LogP contribution in [0.4, 0.5) is 0 Å². The molecule has 1 aliphatic heterocycles. The molecule has 1 heterocycles. The normalized spacial score (nSPS) is 17.2. The van der Waals surface area contributed by atoms with Crippen LogP contribution in [0, 0.1) is 5.92 Å². The number of halogens is 2. The molecular weight excluding hydrogens is 351 g/mol. The molecule has 2 N–H and O–H groups in total. The van der Waals surface area contributed by atoms with Gasteiger partial charge in [-0.1, -0.05) is 20.3 Å². The van der Waals surface area contributed by atoms with E-state index in [0.717, 1.165) is 38.2 Å². The summed E-state index contributed by atoms with van der Waals surface area (Å²) in [5, 5.41) is 13.3. The maximum Gasteiger partial charge on any atom is 0.131 e. The number of hydrogen-bond acceptors (Lipinski definition) is 5. The number of benzene rings is 1. The second kappa shape index (κ2) is 10.9. The lowest BCUT2D eigenvalue weighted by Crippen LogP contribution is -2.46. The minimum atomic E-state index is 0. The number of nitrogens with one attached hydrogen (secondary N) is 1. The molecule has 140 valence electrons. The average molecular weight is 381 g/mol. The van der Waals surface area contributed by atoms with Crippen LogP contribution in [0.15, 0.2) is 12.1 Å². The van der Waals surface area contributed by atoms with Crippen LogP contribution in [0.3, 0.4) is 0 Å². The largest absolute Gasteiger partial charge is 0.508 e. The van der Waals surface area contributed by atoms with E-state index in [1.165, 1.54) is 0 Å². The Morgan fingerprint density at radius 3 is 2.04 bits per heavy atom. The molecule has 24 heavy (non-hydrogen) atoms. The number of piperazine rings is 1. The molecule has 0 bridgehead atoms. The van der Waals surface area contributed by atoms with Crippen molar-refractivity contribution in [2.45, 2.75) is 26.3 Å². The molecule has 5 nitrogen and oxygen atoms in total. The van der Waals surface area contributed by atoms with Crippen molar-refractivity contribution < 1.29 is 14.6 Å². The van der Waals surface area contributed by atoms with Gasteiger partial charge in [0.05, 0.1) is 19.8 Å². The van der Waals surface area contributed by atoms with Crippen molar-refractivity contribution in [3.63, 3.8) is 0 Å². The third-order valence-corrected chi connectivity index (χ3v) is 4.55. The summed E-state index contributed by atoms with van der Waals surface area (Å²) in [5.41, 5.74) is 1.04. The molecule has 2 rings (SSSR count). The van der Waals surface area contributed by atoms with Crippen molar-refractivity contribution >= 4 is 24.8 Å². The summed E-state index contributed by atoms with van der Waals surface area (Å²) in [7, 11) is 3.28. The van der Waals surface area contributed by atoms with E-state index in [9.17, 15) is 5.11 Å². The van der Waals surface area contributed by atoms with Crippen LogP contribution >= 0.6 is 24.8 Å². The van der Waals surface area contributed by atoms with Crippen LogP contribution in [0.1, 0.15) is 31.9 Å². The summed E-state index contributed by atoms with van der Waals surface area (Å²) >= 11 is 0. The Morgan fingerprint density at radius 2 is 1.62 bits per heavy atom. The first-order chi connectivity index (χ1) is 10.6. The van der Waals surface area contributed by atoms with Gasteiger partial charge in [-0.25, -0.2) is 0 Å². The standard InChI is InChI=1S/C17H28N2O3.2ClH/c1-5-12(2)17(19-8-6-18-7-9-19)16-14(21-3)10-13(20)11-15(16)22-4;;/h10-12,17-18,20H,5-9H2,1-4H3;2*1H/t12?,17-;;/m0../s1. The van der Waals surface area contributed by atoms with E-state index in [1.54, 1.807) is 26.4 Å². The van der Waals surface area contributed by atoms with Crippen molar-refractivity contribution in [3.8, 4) is 17.2 Å². The highest BCUT2D eigenvalue weighted by Crippen LogP contribution is 2.44. The van der Waals surface area contributed by atoms with Crippen LogP contribution in [0.2, 0.25) is 0 Å². The predicted molar refractivity (Wildman–Crippen MR) is 102 cm³/mol. The van der Waals surface area contributed by atoms with E-state index < -0.39 is 0 Å². The zero-order chi connectivity index (χ0) is 16.1. The lowest BCUT2D eigenvalue weighted by molar-refractivity contribution is 0.123. The van der Waals surface area contributed by atoms with Crippen molar-refractivity contribution in [3.05, 3.63) is 17.7 Å². The molecule has 1 aromatic carbocycles. The van der Waals surface area contributed by atoms with Gasteiger partial charge in [-0.05, 0) is 5.92 Å². The number of nitrogens with zero attached hydrogens (tertiary/aromatic N) is 1. The second-order valence-corrected chi connectivity index (χ2v) is 5.88. The summed E-state index contributed by atoms with van der Waals surface area (Å²) in [6.45, 7) is 8.47. The van der Waals surface area contributed by atoms with Gasteiger partial charge in [0.25, 0.3) is 0 Å². The van der Waals surface area contributed by atoms with Crippen LogP contribution in [-0.2, 0) is 0 Å². The summed E-state index contributed by atoms with van der Waals surface area (Å²) in [6.07, 6.45) is 1.07. The second-order valence-electron chi connectivity index (χ2n) is 5.88. The van der Waals surface area contributed by atoms with Crippen LogP contribution < -0.4 is 14.8 Å². The third-order valence-electron chi connectivity index (χ3n) is 4.55. The van der Waals surface area contributed by atoms with Gasteiger partial charge >= 0.3 is 0 Å². The highest BCUT2D eigenvalue weighted by Gasteiger charge is 2.31. The topological polar surface area (TPSA) is 54.0 Å². The van der Waals surface area contributed by atoms with E-state index in [0.29, 0.717) is 17.4 Å². The number of rotatable bonds is 6. The fourth-order valence-electron chi connectivity index (χ4n) is 3.23. The molecule has 0 radical (unpaired) electrons. The monoisotopic (exact) mass is 380 g/mol. The Labute approximate surface area is 157 Å². The van der Waals surface area contributed by atoms with E-state index >= 15 is 0 Å². The van der Waals surface area contributed by atoms with E-state index in [4.69, 9.17) is 9.47 Å². The number of aromatic hydroxyl groups is 1. The number of phenolic OH excluding ortho intramolecular Hbond substituents is 1. The fourth-order valence-corrected chi connectivity index (χ4v) is 3.23. The van der Waals surface area contributed by atoms with Crippen molar-refractivity contribution in [2.75, 3.05) is 40.4 Å². The lowest BCUT2D eigenvalue weighted by Gasteiger charge is -2.39. The first-order valence-corrected chi connectivity index (χ1v) is 8.02. The molecule has 1 saturated heterocycles. The SMILES string of the molecule is CCC(C)[C@@H](c1c(OC)cc(O)cc1OC)N1CCNCC1.Cl.Cl. The highest BCUT2D eigenvalue weighted by atomic mass is 35.5. The van der Waals surface area contributed by atoms with E-state index in [2.05, 4.69) is 24.1 Å². The van der Waals surface area contributed by atoms with Crippen LogP contribution in [0.5, 0.6) is 17.2 Å². The molecule has 0 spiro atoms. The van der Waals surface area contributed by atoms with Gasteiger partial charge < -0.3 is 19.9 Å². The molecular formula is C17H30Cl2N2O3. The Morgan fingerprint density at radius 1 is 1.12 bits per heavy atom.